The van der Waals surface area contributed by atoms with E-state index in [0.29, 0.717) is 22.3 Å². The lowest BCUT2D eigenvalue weighted by atomic mass is 10.1. The smallest absolute Gasteiger partial charge is 0.337 e. The van der Waals surface area contributed by atoms with Crippen molar-refractivity contribution in [2.24, 2.45) is 0 Å². The highest BCUT2D eigenvalue weighted by molar-refractivity contribution is 5.89. The van der Waals surface area contributed by atoms with Crippen molar-refractivity contribution in [3.8, 4) is 23.7 Å². The van der Waals surface area contributed by atoms with Crippen LogP contribution >= 0.6 is 0 Å². The molecule has 0 unspecified atom stereocenters. The van der Waals surface area contributed by atoms with E-state index in [4.69, 9.17) is 0 Å². The predicted octanol–water partition coefficient (Wildman–Crippen LogP) is 4.34. The summed E-state index contributed by atoms with van der Waals surface area (Å²) in [7, 11) is 2.56. The van der Waals surface area contributed by atoms with E-state index in [1.807, 2.05) is 0 Å². The summed E-state index contributed by atoms with van der Waals surface area (Å²) in [6, 6.07) is 15.1. The average molecular weight is 430 g/mol. The Morgan fingerprint density at radius 3 is 1.25 bits per heavy atom. The van der Waals surface area contributed by atoms with Crippen LogP contribution in [-0.4, -0.2) is 26.2 Å². The van der Waals surface area contributed by atoms with Crippen molar-refractivity contribution in [1.29, 1.82) is 0 Å². The van der Waals surface area contributed by atoms with E-state index < -0.39 is 23.6 Å². The molecule has 0 bridgehead atoms. The summed E-state index contributed by atoms with van der Waals surface area (Å²) in [6.07, 6.45) is 0. The van der Waals surface area contributed by atoms with Gasteiger partial charge in [0.1, 0.15) is 0 Å². The Morgan fingerprint density at radius 1 is 0.594 bits per heavy atom. The molecule has 0 radical (unpaired) electrons. The summed E-state index contributed by atoms with van der Waals surface area (Å²) in [5.74, 6) is 7.46. The number of rotatable bonds is 2. The van der Waals surface area contributed by atoms with Crippen molar-refractivity contribution in [2.45, 2.75) is 0 Å². The second kappa shape index (κ2) is 10.1. The third-order valence-corrected chi connectivity index (χ3v) is 4.38. The number of esters is 2. The lowest BCUT2D eigenvalue weighted by molar-refractivity contribution is 0.0592. The first-order chi connectivity index (χ1) is 15.4. The summed E-state index contributed by atoms with van der Waals surface area (Å²) in [5.41, 5.74) is 1.53. The molecule has 0 saturated heterocycles. The van der Waals surface area contributed by atoms with Crippen LogP contribution in [-0.2, 0) is 9.47 Å². The van der Waals surface area contributed by atoms with E-state index in [-0.39, 0.29) is 11.1 Å². The van der Waals surface area contributed by atoms with Crippen molar-refractivity contribution >= 4 is 11.9 Å². The standard InChI is InChI=1S/C26H16F2O4/c1-31-25(29)21-11-5-17(6-12-21)3-9-19-15-16-20(24(28)23(19)27)10-4-18-7-13-22(14-8-18)26(30)32-2/h5-8,11-16H,1-2H3. The fourth-order valence-electron chi connectivity index (χ4n) is 2.64. The minimum atomic E-state index is -1.10. The van der Waals surface area contributed by atoms with Crippen molar-refractivity contribution < 1.29 is 27.8 Å². The maximum atomic E-state index is 14.4. The molecule has 158 valence electrons. The molecule has 0 N–H and O–H groups in total. The molecular weight excluding hydrogens is 414 g/mol. The number of hydrogen-bond donors (Lipinski definition) is 0. The highest BCUT2D eigenvalue weighted by Crippen LogP contribution is 2.16. The van der Waals surface area contributed by atoms with Gasteiger partial charge in [-0.1, -0.05) is 23.7 Å². The number of halogens is 2. The molecule has 0 aliphatic rings. The van der Waals surface area contributed by atoms with E-state index in [2.05, 4.69) is 33.2 Å². The van der Waals surface area contributed by atoms with Crippen LogP contribution in [0.5, 0.6) is 0 Å². The van der Waals surface area contributed by atoms with Crippen LogP contribution < -0.4 is 0 Å². The minimum Gasteiger partial charge on any atom is -0.465 e. The van der Waals surface area contributed by atoms with Crippen LogP contribution in [0.1, 0.15) is 43.0 Å². The largest absolute Gasteiger partial charge is 0.465 e. The van der Waals surface area contributed by atoms with Gasteiger partial charge in [0.15, 0.2) is 11.6 Å². The monoisotopic (exact) mass is 430 g/mol. The number of hydrogen-bond acceptors (Lipinski definition) is 4. The zero-order valence-corrected chi connectivity index (χ0v) is 17.2. The first-order valence-corrected chi connectivity index (χ1v) is 9.31. The van der Waals surface area contributed by atoms with Gasteiger partial charge in [0.25, 0.3) is 0 Å². The molecule has 0 saturated carbocycles. The fraction of sp³-hybridized carbons (Fsp3) is 0.0769. The van der Waals surface area contributed by atoms with Gasteiger partial charge in [-0.15, -0.1) is 0 Å². The van der Waals surface area contributed by atoms with Gasteiger partial charge in [-0.3, -0.25) is 0 Å². The van der Waals surface area contributed by atoms with E-state index >= 15 is 0 Å². The molecule has 3 aromatic rings. The van der Waals surface area contributed by atoms with Gasteiger partial charge in [-0.05, 0) is 60.7 Å². The number of carbonyl (C=O) groups excluding carboxylic acids is 2. The molecule has 0 heterocycles. The first-order valence-electron chi connectivity index (χ1n) is 9.31. The first kappa shape index (κ1) is 22.3. The van der Waals surface area contributed by atoms with Gasteiger partial charge in [-0.2, -0.15) is 0 Å². The normalized spacial score (nSPS) is 9.62. The zero-order valence-electron chi connectivity index (χ0n) is 17.2. The third-order valence-electron chi connectivity index (χ3n) is 4.38. The number of methoxy groups -OCH3 is 2. The van der Waals surface area contributed by atoms with Gasteiger partial charge < -0.3 is 9.47 Å². The molecule has 4 nitrogen and oxygen atoms in total. The van der Waals surface area contributed by atoms with Crippen LogP contribution in [0.2, 0.25) is 0 Å². The SMILES string of the molecule is COC(=O)c1ccc(C#Cc2ccc(C#Cc3ccc(C(=O)OC)cc3)c(F)c2F)cc1. The summed E-state index contributed by atoms with van der Waals surface area (Å²) >= 11 is 0. The van der Waals surface area contributed by atoms with Gasteiger partial charge >= 0.3 is 11.9 Å². The molecule has 3 rings (SSSR count). The van der Waals surface area contributed by atoms with Gasteiger partial charge in [0.05, 0.1) is 36.5 Å². The Balaban J connectivity index is 1.80. The summed E-state index contributed by atoms with van der Waals surface area (Å²) in [5, 5.41) is 0. The highest BCUT2D eigenvalue weighted by Gasteiger charge is 2.11. The molecule has 0 atom stereocenters. The molecule has 6 heteroatoms. The molecule has 0 fully saturated rings. The van der Waals surface area contributed by atoms with Crippen molar-refractivity contribution in [1.82, 2.24) is 0 Å². The van der Waals surface area contributed by atoms with Crippen LogP contribution in [0.25, 0.3) is 0 Å². The second-order valence-electron chi connectivity index (χ2n) is 6.43. The molecule has 0 aromatic heterocycles. The fourth-order valence-corrected chi connectivity index (χ4v) is 2.64. The minimum absolute atomic E-state index is 0.118. The molecule has 0 aliphatic carbocycles. The average Bonchev–Trinajstić information content (AvgIpc) is 2.84. The zero-order chi connectivity index (χ0) is 23.1. The molecule has 0 amide bonds. The van der Waals surface area contributed by atoms with Gasteiger partial charge in [0, 0.05) is 11.1 Å². The maximum Gasteiger partial charge on any atom is 0.337 e. The van der Waals surface area contributed by atoms with Crippen molar-refractivity contribution in [2.75, 3.05) is 14.2 Å². The molecule has 3 aromatic carbocycles. The summed E-state index contributed by atoms with van der Waals surface area (Å²) < 4.78 is 38.1. The number of ether oxygens (including phenoxy) is 2. The van der Waals surface area contributed by atoms with E-state index in [9.17, 15) is 18.4 Å². The molecule has 0 spiro atoms. The van der Waals surface area contributed by atoms with Crippen molar-refractivity contribution in [3.05, 3.63) is 106 Å². The second-order valence-corrected chi connectivity index (χ2v) is 6.43. The maximum absolute atomic E-state index is 14.4. The number of carbonyl (C=O) groups is 2. The Bertz CT molecular complexity index is 1180. The quantitative estimate of drug-likeness (QED) is 0.449. The topological polar surface area (TPSA) is 52.6 Å². The van der Waals surface area contributed by atoms with Crippen LogP contribution in [0, 0.1) is 35.3 Å². The van der Waals surface area contributed by atoms with E-state index in [1.54, 1.807) is 24.3 Å². The molecule has 0 aliphatic heterocycles. The van der Waals surface area contributed by atoms with Crippen molar-refractivity contribution in [3.63, 3.8) is 0 Å². The lowest BCUT2D eigenvalue weighted by Gasteiger charge is -2.00. The van der Waals surface area contributed by atoms with Gasteiger partial charge in [-0.25, -0.2) is 18.4 Å². The Kier molecular flexibility index (Phi) is 7.00. The van der Waals surface area contributed by atoms with Gasteiger partial charge in [0.2, 0.25) is 0 Å². The van der Waals surface area contributed by atoms with Crippen LogP contribution in [0.4, 0.5) is 8.78 Å². The highest BCUT2D eigenvalue weighted by atomic mass is 19.2. The Morgan fingerprint density at radius 2 is 0.938 bits per heavy atom. The third kappa shape index (κ3) is 5.19. The molecular formula is C26H16F2O4. The van der Waals surface area contributed by atoms with Crippen LogP contribution in [0.3, 0.4) is 0 Å². The Hall–Kier alpha value is -4.42. The summed E-state index contributed by atoms with van der Waals surface area (Å²) in [6.45, 7) is 0. The number of benzene rings is 3. The summed E-state index contributed by atoms with van der Waals surface area (Å²) in [4.78, 5) is 22.9. The lowest BCUT2D eigenvalue weighted by Crippen LogP contribution is -2.00. The molecule has 32 heavy (non-hydrogen) atoms. The van der Waals surface area contributed by atoms with E-state index in [1.165, 1.54) is 50.6 Å². The van der Waals surface area contributed by atoms with E-state index in [0.717, 1.165) is 0 Å². The van der Waals surface area contributed by atoms with Crippen LogP contribution in [0.15, 0.2) is 60.7 Å². The predicted molar refractivity (Wildman–Crippen MR) is 114 cm³/mol. The Labute approximate surface area is 183 Å².